The first-order chi connectivity index (χ1) is 16.5. The molecule has 4 rings (SSSR count). The smallest absolute Gasteiger partial charge is 0.251 e. The molecule has 8 heteroatoms. The van der Waals surface area contributed by atoms with Crippen LogP contribution in [0.15, 0.2) is 66.7 Å². The van der Waals surface area contributed by atoms with Gasteiger partial charge in [-0.15, -0.1) is 0 Å². The fraction of sp³-hybridized carbons (Fsp3) is 0.231. The summed E-state index contributed by atoms with van der Waals surface area (Å²) in [6, 6.07) is 16.2. The molecule has 1 aliphatic heterocycles. The lowest BCUT2D eigenvalue weighted by Crippen LogP contribution is -2.35. The highest BCUT2D eigenvalue weighted by Gasteiger charge is 2.25. The molecule has 3 aromatic rings. The van der Waals surface area contributed by atoms with Crippen LogP contribution < -0.4 is 21.3 Å². The molecule has 1 aliphatic rings. The third-order valence-electron chi connectivity index (χ3n) is 5.78. The van der Waals surface area contributed by atoms with E-state index in [1.165, 1.54) is 35.2 Å². The lowest BCUT2D eigenvalue weighted by atomic mass is 10.0. The molecular formula is C26H26F2N4O2. The maximum Gasteiger partial charge on any atom is 0.251 e. The molecule has 4 N–H and O–H groups in total. The first-order valence-electron chi connectivity index (χ1n) is 11.2. The van der Waals surface area contributed by atoms with E-state index in [0.717, 1.165) is 18.4 Å². The summed E-state index contributed by atoms with van der Waals surface area (Å²) in [7, 11) is 0. The van der Waals surface area contributed by atoms with Gasteiger partial charge in [0.25, 0.3) is 5.91 Å². The summed E-state index contributed by atoms with van der Waals surface area (Å²) in [6.45, 7) is 0.778. The van der Waals surface area contributed by atoms with Crippen LogP contribution in [0.4, 0.5) is 25.8 Å². The van der Waals surface area contributed by atoms with Crippen LogP contribution in [0.25, 0.3) is 0 Å². The third kappa shape index (κ3) is 5.23. The van der Waals surface area contributed by atoms with Crippen molar-refractivity contribution in [1.82, 2.24) is 0 Å². The topological polar surface area (TPSA) is 87.5 Å². The van der Waals surface area contributed by atoms with E-state index in [2.05, 4.69) is 10.6 Å². The van der Waals surface area contributed by atoms with Gasteiger partial charge in [-0.05, 0) is 54.8 Å². The molecule has 0 aromatic heterocycles. The number of hydrogen-bond acceptors (Lipinski definition) is 4. The van der Waals surface area contributed by atoms with Gasteiger partial charge in [0.05, 0.1) is 5.69 Å². The molecular weight excluding hydrogens is 438 g/mol. The van der Waals surface area contributed by atoms with Crippen LogP contribution in [0.2, 0.25) is 0 Å². The summed E-state index contributed by atoms with van der Waals surface area (Å²) in [5.41, 5.74) is 7.69. The predicted molar refractivity (Wildman–Crippen MR) is 128 cm³/mol. The quantitative estimate of drug-likeness (QED) is 0.472. The van der Waals surface area contributed by atoms with Gasteiger partial charge in [0.15, 0.2) is 0 Å². The van der Waals surface area contributed by atoms with E-state index in [1.807, 2.05) is 6.07 Å². The number of piperidine rings is 1. The standard InChI is InChI=1S/C26H26F2N4O2/c27-21-9-2-1-8-20(21)25(30-18-7-5-6-17(14-18)16-29)26(34)31-19-11-12-23(22(28)15-19)32-13-4-3-10-24(32)33/h1-2,5-9,11-12,14-15,25,30H,3-4,10,13,16,29H2,(H,31,34). The van der Waals surface area contributed by atoms with Gasteiger partial charge in [-0.3, -0.25) is 9.59 Å². The van der Waals surface area contributed by atoms with Gasteiger partial charge in [-0.2, -0.15) is 0 Å². The third-order valence-corrected chi connectivity index (χ3v) is 5.78. The molecule has 3 aromatic carbocycles. The second-order valence-electron chi connectivity index (χ2n) is 8.16. The zero-order valence-electron chi connectivity index (χ0n) is 18.6. The SMILES string of the molecule is NCc1cccc(NC(C(=O)Nc2ccc(N3CCCCC3=O)c(F)c2)c2ccccc2F)c1. The number of carbonyl (C=O) groups is 2. The molecule has 1 atom stereocenters. The summed E-state index contributed by atoms with van der Waals surface area (Å²) in [6.07, 6.45) is 1.99. The average Bonchev–Trinajstić information content (AvgIpc) is 2.84. The number of carbonyl (C=O) groups excluding carboxylic acids is 2. The van der Waals surface area contributed by atoms with Gasteiger partial charge in [0, 0.05) is 36.4 Å². The molecule has 34 heavy (non-hydrogen) atoms. The highest BCUT2D eigenvalue weighted by atomic mass is 19.1. The van der Waals surface area contributed by atoms with E-state index in [-0.39, 0.29) is 22.8 Å². The van der Waals surface area contributed by atoms with Crippen LogP contribution in [-0.4, -0.2) is 18.4 Å². The van der Waals surface area contributed by atoms with E-state index < -0.39 is 23.6 Å². The Kier molecular flexibility index (Phi) is 7.18. The summed E-state index contributed by atoms with van der Waals surface area (Å²) in [4.78, 5) is 26.8. The number of nitrogens with one attached hydrogen (secondary N) is 2. The zero-order chi connectivity index (χ0) is 24.1. The minimum atomic E-state index is -1.08. The van der Waals surface area contributed by atoms with Gasteiger partial charge < -0.3 is 21.3 Å². The lowest BCUT2D eigenvalue weighted by Gasteiger charge is -2.27. The van der Waals surface area contributed by atoms with Gasteiger partial charge in [-0.25, -0.2) is 8.78 Å². The van der Waals surface area contributed by atoms with Gasteiger partial charge >= 0.3 is 0 Å². The van der Waals surface area contributed by atoms with Crippen LogP contribution in [0.3, 0.4) is 0 Å². The van der Waals surface area contributed by atoms with E-state index in [4.69, 9.17) is 5.73 Å². The Hall–Kier alpha value is -3.78. The Morgan fingerprint density at radius 1 is 0.971 bits per heavy atom. The monoisotopic (exact) mass is 464 g/mol. The van der Waals surface area contributed by atoms with Crippen molar-refractivity contribution >= 4 is 28.9 Å². The van der Waals surface area contributed by atoms with Crippen molar-refractivity contribution in [2.45, 2.75) is 31.8 Å². The Labute approximate surface area is 196 Å². The Bertz CT molecular complexity index is 1200. The fourth-order valence-electron chi connectivity index (χ4n) is 4.03. The van der Waals surface area contributed by atoms with Gasteiger partial charge in [0.1, 0.15) is 17.7 Å². The maximum absolute atomic E-state index is 14.8. The van der Waals surface area contributed by atoms with Crippen LogP contribution in [-0.2, 0) is 16.1 Å². The molecule has 1 heterocycles. The molecule has 1 saturated heterocycles. The number of halogens is 2. The molecule has 176 valence electrons. The van der Waals surface area contributed by atoms with Crippen molar-refractivity contribution in [3.05, 3.63) is 89.5 Å². The Balaban J connectivity index is 1.58. The largest absolute Gasteiger partial charge is 0.370 e. The van der Waals surface area contributed by atoms with Crippen molar-refractivity contribution in [2.75, 3.05) is 22.1 Å². The number of benzene rings is 3. The summed E-state index contributed by atoms with van der Waals surface area (Å²) in [5.74, 6) is -1.84. The number of nitrogens with two attached hydrogens (primary N) is 1. The van der Waals surface area contributed by atoms with Crippen LogP contribution in [0.5, 0.6) is 0 Å². The number of anilines is 3. The van der Waals surface area contributed by atoms with Crippen molar-refractivity contribution in [2.24, 2.45) is 5.73 Å². The normalized spacial score (nSPS) is 14.6. The van der Waals surface area contributed by atoms with E-state index in [0.29, 0.717) is 25.2 Å². The number of hydrogen-bond donors (Lipinski definition) is 3. The molecule has 0 bridgehead atoms. The van der Waals surface area contributed by atoms with Gasteiger partial charge in [-0.1, -0.05) is 30.3 Å². The molecule has 6 nitrogen and oxygen atoms in total. The summed E-state index contributed by atoms with van der Waals surface area (Å²) in [5, 5.41) is 5.72. The highest BCUT2D eigenvalue weighted by molar-refractivity contribution is 5.98. The van der Waals surface area contributed by atoms with E-state index >= 15 is 0 Å². The maximum atomic E-state index is 14.8. The summed E-state index contributed by atoms with van der Waals surface area (Å²) < 4.78 is 29.5. The summed E-state index contributed by atoms with van der Waals surface area (Å²) >= 11 is 0. The molecule has 1 unspecified atom stereocenters. The number of nitrogens with zero attached hydrogens (tertiary/aromatic N) is 1. The Morgan fingerprint density at radius 2 is 1.79 bits per heavy atom. The molecule has 1 fully saturated rings. The molecule has 0 spiro atoms. The molecule has 0 radical (unpaired) electrons. The van der Waals surface area contributed by atoms with Crippen molar-refractivity contribution in [3.8, 4) is 0 Å². The highest BCUT2D eigenvalue weighted by Crippen LogP contribution is 2.28. The first kappa shape index (κ1) is 23.4. The number of amides is 2. The lowest BCUT2D eigenvalue weighted by molar-refractivity contribution is -0.119. The number of rotatable bonds is 7. The molecule has 2 amide bonds. The van der Waals surface area contributed by atoms with Crippen molar-refractivity contribution in [1.29, 1.82) is 0 Å². The van der Waals surface area contributed by atoms with Crippen LogP contribution in [0.1, 0.15) is 36.4 Å². The second kappa shape index (κ2) is 10.4. The van der Waals surface area contributed by atoms with Crippen molar-refractivity contribution in [3.63, 3.8) is 0 Å². The zero-order valence-corrected chi connectivity index (χ0v) is 18.6. The minimum absolute atomic E-state index is 0.120. The second-order valence-corrected chi connectivity index (χ2v) is 8.16. The van der Waals surface area contributed by atoms with Crippen molar-refractivity contribution < 1.29 is 18.4 Å². The van der Waals surface area contributed by atoms with Gasteiger partial charge in [0.2, 0.25) is 5.91 Å². The predicted octanol–water partition coefficient (Wildman–Crippen LogP) is 4.73. The molecule has 0 saturated carbocycles. The van der Waals surface area contributed by atoms with Crippen LogP contribution >= 0.6 is 0 Å². The van der Waals surface area contributed by atoms with Crippen LogP contribution in [0, 0.1) is 11.6 Å². The van der Waals surface area contributed by atoms with E-state index in [9.17, 15) is 18.4 Å². The minimum Gasteiger partial charge on any atom is -0.370 e. The average molecular weight is 465 g/mol. The fourth-order valence-corrected chi connectivity index (χ4v) is 4.03. The first-order valence-corrected chi connectivity index (χ1v) is 11.2. The Morgan fingerprint density at radius 3 is 2.53 bits per heavy atom. The molecule has 0 aliphatic carbocycles. The van der Waals surface area contributed by atoms with E-state index in [1.54, 1.807) is 30.3 Å².